The highest BCUT2D eigenvalue weighted by Gasteiger charge is 2.20. The third kappa shape index (κ3) is 4.69. The van der Waals surface area contributed by atoms with Gasteiger partial charge in [0, 0.05) is 7.05 Å². The minimum atomic E-state index is -1.23. The summed E-state index contributed by atoms with van der Waals surface area (Å²) in [6, 6.07) is 6.58. The molecule has 104 valence electrons. The minimum absolute atomic E-state index is 0.109. The molecule has 2 unspecified atom stereocenters. The first kappa shape index (κ1) is 15.1. The first-order chi connectivity index (χ1) is 8.93. The summed E-state index contributed by atoms with van der Waals surface area (Å²) in [6.07, 6.45) is -2.47. The van der Waals surface area contributed by atoms with E-state index in [1.807, 2.05) is 0 Å². The second kappa shape index (κ2) is 6.86. The molecule has 1 aromatic carbocycles. The summed E-state index contributed by atoms with van der Waals surface area (Å²) in [5.74, 6) is -0.787. The van der Waals surface area contributed by atoms with Crippen LogP contribution in [0.15, 0.2) is 24.3 Å². The maximum Gasteiger partial charge on any atom is 0.224 e. The Kier molecular flexibility index (Phi) is 5.47. The Bertz CT molecular complexity index is 444. The third-order valence-corrected chi connectivity index (χ3v) is 2.74. The SMILES string of the molecule is CNC(=O)Cc1ccc(C(O)C(O)CC(N)=O)cc1. The molecule has 0 aliphatic rings. The predicted molar refractivity (Wildman–Crippen MR) is 69.0 cm³/mol. The van der Waals surface area contributed by atoms with Crippen LogP contribution < -0.4 is 11.1 Å². The van der Waals surface area contributed by atoms with Crippen molar-refractivity contribution >= 4 is 11.8 Å². The van der Waals surface area contributed by atoms with E-state index in [2.05, 4.69) is 5.32 Å². The average Bonchev–Trinajstić information content (AvgIpc) is 2.37. The summed E-state index contributed by atoms with van der Waals surface area (Å²) < 4.78 is 0. The average molecular weight is 266 g/mol. The Labute approximate surface area is 111 Å². The standard InChI is InChI=1S/C13H18N2O4/c1-15-12(18)6-8-2-4-9(5-3-8)13(19)10(16)7-11(14)17/h2-5,10,13,16,19H,6-7H2,1H3,(H2,14,17)(H,15,18). The number of carbonyl (C=O) groups excluding carboxylic acids is 2. The van der Waals surface area contributed by atoms with Crippen LogP contribution in [0, 0.1) is 0 Å². The van der Waals surface area contributed by atoms with Crippen molar-refractivity contribution in [1.29, 1.82) is 0 Å². The van der Waals surface area contributed by atoms with E-state index in [-0.39, 0.29) is 18.7 Å². The molecule has 5 N–H and O–H groups in total. The van der Waals surface area contributed by atoms with E-state index in [1.54, 1.807) is 31.3 Å². The molecule has 2 atom stereocenters. The molecule has 2 amide bonds. The summed E-state index contributed by atoms with van der Waals surface area (Å²) in [6.45, 7) is 0. The summed E-state index contributed by atoms with van der Waals surface area (Å²) >= 11 is 0. The van der Waals surface area contributed by atoms with E-state index in [9.17, 15) is 19.8 Å². The number of carbonyl (C=O) groups is 2. The molecular weight excluding hydrogens is 248 g/mol. The van der Waals surface area contributed by atoms with Crippen LogP contribution in [-0.4, -0.2) is 35.2 Å². The van der Waals surface area contributed by atoms with E-state index in [0.29, 0.717) is 5.56 Å². The number of nitrogens with one attached hydrogen (secondary N) is 1. The molecule has 0 radical (unpaired) electrons. The number of hydrogen-bond acceptors (Lipinski definition) is 4. The van der Waals surface area contributed by atoms with Gasteiger partial charge in [0.2, 0.25) is 11.8 Å². The molecule has 0 fully saturated rings. The Morgan fingerprint density at radius 3 is 2.32 bits per heavy atom. The van der Waals surface area contributed by atoms with Crippen LogP contribution >= 0.6 is 0 Å². The largest absolute Gasteiger partial charge is 0.390 e. The molecule has 0 bridgehead atoms. The van der Waals surface area contributed by atoms with Crippen LogP contribution in [0.2, 0.25) is 0 Å². The van der Waals surface area contributed by atoms with Gasteiger partial charge in [-0.2, -0.15) is 0 Å². The molecule has 1 aromatic rings. The third-order valence-electron chi connectivity index (χ3n) is 2.74. The maximum atomic E-state index is 11.2. The number of amides is 2. The van der Waals surface area contributed by atoms with Crippen LogP contribution in [0.5, 0.6) is 0 Å². The highest BCUT2D eigenvalue weighted by atomic mass is 16.3. The van der Waals surface area contributed by atoms with Gasteiger partial charge in [0.25, 0.3) is 0 Å². The van der Waals surface area contributed by atoms with Gasteiger partial charge in [0.1, 0.15) is 6.10 Å². The second-order valence-electron chi connectivity index (χ2n) is 4.27. The van der Waals surface area contributed by atoms with Crippen LogP contribution in [0.25, 0.3) is 0 Å². The number of primary amides is 1. The Hall–Kier alpha value is -1.92. The molecule has 0 aliphatic heterocycles. The first-order valence-electron chi connectivity index (χ1n) is 5.88. The summed E-state index contributed by atoms with van der Waals surface area (Å²) in [7, 11) is 1.56. The zero-order valence-corrected chi connectivity index (χ0v) is 10.7. The normalized spacial score (nSPS) is 13.6. The van der Waals surface area contributed by atoms with Gasteiger partial charge in [-0.25, -0.2) is 0 Å². The lowest BCUT2D eigenvalue weighted by Gasteiger charge is -2.17. The summed E-state index contributed by atoms with van der Waals surface area (Å²) in [5, 5.41) is 21.9. The topological polar surface area (TPSA) is 113 Å². The van der Waals surface area contributed by atoms with Crippen molar-refractivity contribution in [2.45, 2.75) is 25.0 Å². The fourth-order valence-corrected chi connectivity index (χ4v) is 1.65. The van der Waals surface area contributed by atoms with Crippen molar-refractivity contribution < 1.29 is 19.8 Å². The summed E-state index contributed by atoms with van der Waals surface area (Å²) in [4.78, 5) is 21.8. The lowest BCUT2D eigenvalue weighted by atomic mass is 10.00. The molecule has 0 aliphatic carbocycles. The highest BCUT2D eigenvalue weighted by Crippen LogP contribution is 2.19. The van der Waals surface area contributed by atoms with Crippen LogP contribution in [0.3, 0.4) is 0 Å². The number of hydrogen-bond donors (Lipinski definition) is 4. The van der Waals surface area contributed by atoms with Crippen molar-refractivity contribution in [2.75, 3.05) is 7.05 Å². The van der Waals surface area contributed by atoms with Gasteiger partial charge in [-0.1, -0.05) is 24.3 Å². The van der Waals surface area contributed by atoms with E-state index in [0.717, 1.165) is 5.56 Å². The molecule has 0 spiro atoms. The minimum Gasteiger partial charge on any atom is -0.390 e. The molecule has 0 saturated heterocycles. The van der Waals surface area contributed by atoms with E-state index in [4.69, 9.17) is 5.73 Å². The van der Waals surface area contributed by atoms with Crippen molar-refractivity contribution in [1.82, 2.24) is 5.32 Å². The first-order valence-corrected chi connectivity index (χ1v) is 5.88. The fraction of sp³-hybridized carbons (Fsp3) is 0.385. The molecule has 0 heterocycles. The molecule has 0 aromatic heterocycles. The van der Waals surface area contributed by atoms with E-state index >= 15 is 0 Å². The van der Waals surface area contributed by atoms with Gasteiger partial charge < -0.3 is 21.3 Å². The predicted octanol–water partition coefficient (Wildman–Crippen LogP) is -0.755. The number of benzene rings is 1. The molecule has 6 heteroatoms. The van der Waals surface area contributed by atoms with Gasteiger partial charge in [0.05, 0.1) is 18.9 Å². The zero-order chi connectivity index (χ0) is 14.4. The van der Waals surface area contributed by atoms with Gasteiger partial charge in [-0.05, 0) is 11.1 Å². The number of aliphatic hydroxyl groups is 2. The number of likely N-dealkylation sites (N-methyl/N-ethyl adjacent to an activating group) is 1. The van der Waals surface area contributed by atoms with Gasteiger partial charge >= 0.3 is 0 Å². The fourth-order valence-electron chi connectivity index (χ4n) is 1.65. The lowest BCUT2D eigenvalue weighted by Crippen LogP contribution is -2.25. The van der Waals surface area contributed by atoms with Crippen LogP contribution in [-0.2, 0) is 16.0 Å². The number of aliphatic hydroxyl groups excluding tert-OH is 2. The van der Waals surface area contributed by atoms with Crippen molar-refractivity contribution in [3.8, 4) is 0 Å². The summed E-state index contributed by atoms with van der Waals surface area (Å²) in [5.41, 5.74) is 6.21. The van der Waals surface area contributed by atoms with Gasteiger partial charge in [-0.15, -0.1) is 0 Å². The maximum absolute atomic E-state index is 11.2. The van der Waals surface area contributed by atoms with Crippen LogP contribution in [0.1, 0.15) is 23.7 Å². The van der Waals surface area contributed by atoms with Gasteiger partial charge in [0.15, 0.2) is 0 Å². The highest BCUT2D eigenvalue weighted by molar-refractivity contribution is 5.78. The monoisotopic (exact) mass is 266 g/mol. The zero-order valence-electron chi connectivity index (χ0n) is 10.7. The second-order valence-corrected chi connectivity index (χ2v) is 4.27. The number of rotatable bonds is 6. The molecule has 19 heavy (non-hydrogen) atoms. The van der Waals surface area contributed by atoms with Gasteiger partial charge in [-0.3, -0.25) is 9.59 Å². The van der Waals surface area contributed by atoms with Crippen molar-refractivity contribution in [2.24, 2.45) is 5.73 Å². The molecule has 1 rings (SSSR count). The van der Waals surface area contributed by atoms with Crippen molar-refractivity contribution in [3.05, 3.63) is 35.4 Å². The molecule has 0 saturated carbocycles. The molecule has 6 nitrogen and oxygen atoms in total. The van der Waals surface area contributed by atoms with Crippen LogP contribution in [0.4, 0.5) is 0 Å². The molecular formula is C13H18N2O4. The van der Waals surface area contributed by atoms with E-state index in [1.165, 1.54) is 0 Å². The lowest BCUT2D eigenvalue weighted by molar-refractivity contribution is -0.122. The Balaban J connectivity index is 2.69. The Morgan fingerprint density at radius 1 is 1.26 bits per heavy atom. The van der Waals surface area contributed by atoms with E-state index < -0.39 is 18.1 Å². The smallest absolute Gasteiger partial charge is 0.224 e. The Morgan fingerprint density at radius 2 is 1.84 bits per heavy atom. The number of nitrogens with two attached hydrogens (primary N) is 1. The van der Waals surface area contributed by atoms with Crippen molar-refractivity contribution in [3.63, 3.8) is 0 Å². The quantitative estimate of drug-likeness (QED) is 0.542.